The summed E-state index contributed by atoms with van der Waals surface area (Å²) in [7, 11) is 0. The maximum atomic E-state index is 5.85. The summed E-state index contributed by atoms with van der Waals surface area (Å²) in [4.78, 5) is 0. The number of aryl methyl sites for hydroxylation is 1. The smallest absolute Gasteiger partial charge is 0.150 e. The SMILES string of the molecule is Cc1cc2c3c(cccc3c1)NC(N)N2. The Labute approximate surface area is 88.3 Å². The molecule has 1 unspecified atom stereocenters. The summed E-state index contributed by atoms with van der Waals surface area (Å²) >= 11 is 0. The van der Waals surface area contributed by atoms with Crippen LogP contribution in [0.4, 0.5) is 11.4 Å². The molecule has 0 aromatic heterocycles. The fourth-order valence-corrected chi connectivity index (χ4v) is 2.18. The van der Waals surface area contributed by atoms with E-state index in [1.165, 1.54) is 16.3 Å². The van der Waals surface area contributed by atoms with Crippen LogP contribution < -0.4 is 16.4 Å². The topological polar surface area (TPSA) is 50.1 Å². The zero-order chi connectivity index (χ0) is 10.4. The highest BCUT2D eigenvalue weighted by molar-refractivity contribution is 6.05. The first-order chi connectivity index (χ1) is 7.24. The number of hydrogen-bond donors (Lipinski definition) is 3. The van der Waals surface area contributed by atoms with E-state index < -0.39 is 0 Å². The normalized spacial score (nSPS) is 18.4. The lowest BCUT2D eigenvalue weighted by atomic mass is 10.0. The number of nitrogens with one attached hydrogen (secondary N) is 2. The van der Waals surface area contributed by atoms with E-state index in [-0.39, 0.29) is 6.29 Å². The molecule has 0 amide bonds. The summed E-state index contributed by atoms with van der Waals surface area (Å²) in [6, 6.07) is 10.5. The standard InChI is InChI=1S/C12H13N3/c1-7-5-8-3-2-4-9-11(8)10(6-7)15-12(13)14-9/h2-6,12,14-15H,13H2,1H3. The molecule has 76 valence electrons. The van der Waals surface area contributed by atoms with Crippen LogP contribution in [0.5, 0.6) is 0 Å². The summed E-state index contributed by atoms with van der Waals surface area (Å²) < 4.78 is 0. The van der Waals surface area contributed by atoms with Crippen molar-refractivity contribution in [3.63, 3.8) is 0 Å². The molecule has 0 bridgehead atoms. The molecule has 0 saturated carbocycles. The van der Waals surface area contributed by atoms with Crippen molar-refractivity contribution in [3.8, 4) is 0 Å². The van der Waals surface area contributed by atoms with Crippen LogP contribution in [0.1, 0.15) is 5.56 Å². The Morgan fingerprint density at radius 2 is 1.93 bits per heavy atom. The summed E-state index contributed by atoms with van der Waals surface area (Å²) in [5, 5.41) is 8.91. The van der Waals surface area contributed by atoms with Gasteiger partial charge in [0.15, 0.2) is 0 Å². The number of rotatable bonds is 0. The minimum absolute atomic E-state index is 0.204. The molecule has 2 aromatic rings. The molecule has 0 aliphatic carbocycles. The van der Waals surface area contributed by atoms with Gasteiger partial charge in [-0.2, -0.15) is 0 Å². The third kappa shape index (κ3) is 1.24. The van der Waals surface area contributed by atoms with Crippen LogP contribution in [0.15, 0.2) is 30.3 Å². The van der Waals surface area contributed by atoms with Crippen molar-refractivity contribution in [2.24, 2.45) is 5.73 Å². The third-order valence-electron chi connectivity index (χ3n) is 2.74. The van der Waals surface area contributed by atoms with Gasteiger partial charge in [0.1, 0.15) is 6.29 Å². The Balaban J connectivity index is 2.40. The fourth-order valence-electron chi connectivity index (χ4n) is 2.18. The predicted octanol–water partition coefficient (Wildman–Crippen LogP) is 2.23. The van der Waals surface area contributed by atoms with Gasteiger partial charge in [-0.3, -0.25) is 5.73 Å². The first-order valence-electron chi connectivity index (χ1n) is 5.06. The molecule has 0 spiro atoms. The largest absolute Gasteiger partial charge is 0.353 e. The van der Waals surface area contributed by atoms with Gasteiger partial charge in [-0.05, 0) is 30.0 Å². The number of nitrogens with two attached hydrogens (primary N) is 1. The van der Waals surface area contributed by atoms with Gasteiger partial charge in [0.2, 0.25) is 0 Å². The van der Waals surface area contributed by atoms with Gasteiger partial charge in [0.05, 0.1) is 0 Å². The van der Waals surface area contributed by atoms with Gasteiger partial charge in [-0.15, -0.1) is 0 Å². The summed E-state index contributed by atoms with van der Waals surface area (Å²) in [6.07, 6.45) is -0.204. The molecule has 4 N–H and O–H groups in total. The van der Waals surface area contributed by atoms with Crippen molar-refractivity contribution in [1.29, 1.82) is 0 Å². The maximum Gasteiger partial charge on any atom is 0.150 e. The minimum atomic E-state index is -0.204. The molecule has 2 aromatic carbocycles. The van der Waals surface area contributed by atoms with E-state index in [1.807, 2.05) is 6.07 Å². The molecule has 3 rings (SSSR count). The van der Waals surface area contributed by atoms with Gasteiger partial charge >= 0.3 is 0 Å². The van der Waals surface area contributed by atoms with Crippen molar-refractivity contribution >= 4 is 22.1 Å². The second kappa shape index (κ2) is 2.87. The van der Waals surface area contributed by atoms with Crippen molar-refractivity contribution in [2.45, 2.75) is 13.2 Å². The number of anilines is 2. The van der Waals surface area contributed by atoms with Crippen molar-refractivity contribution in [1.82, 2.24) is 0 Å². The van der Waals surface area contributed by atoms with E-state index in [0.717, 1.165) is 11.4 Å². The molecule has 1 atom stereocenters. The van der Waals surface area contributed by atoms with Crippen molar-refractivity contribution < 1.29 is 0 Å². The number of benzene rings is 2. The van der Waals surface area contributed by atoms with E-state index in [0.29, 0.717) is 0 Å². The van der Waals surface area contributed by atoms with Crippen LogP contribution in [0, 0.1) is 6.92 Å². The molecule has 15 heavy (non-hydrogen) atoms. The zero-order valence-electron chi connectivity index (χ0n) is 8.54. The van der Waals surface area contributed by atoms with E-state index in [1.54, 1.807) is 0 Å². The zero-order valence-corrected chi connectivity index (χ0v) is 8.54. The van der Waals surface area contributed by atoms with E-state index >= 15 is 0 Å². The van der Waals surface area contributed by atoms with Crippen LogP contribution in [-0.2, 0) is 0 Å². The lowest BCUT2D eigenvalue weighted by Gasteiger charge is -2.26. The molecule has 0 radical (unpaired) electrons. The van der Waals surface area contributed by atoms with Crippen LogP contribution in [-0.4, -0.2) is 6.29 Å². The summed E-state index contributed by atoms with van der Waals surface area (Å²) in [5.41, 5.74) is 9.32. The third-order valence-corrected chi connectivity index (χ3v) is 2.74. The molecule has 3 nitrogen and oxygen atoms in total. The molecule has 1 aliphatic rings. The van der Waals surface area contributed by atoms with Crippen LogP contribution in [0.25, 0.3) is 10.8 Å². The van der Waals surface area contributed by atoms with Gasteiger partial charge in [0, 0.05) is 16.8 Å². The van der Waals surface area contributed by atoms with Crippen LogP contribution >= 0.6 is 0 Å². The van der Waals surface area contributed by atoms with Crippen LogP contribution in [0.3, 0.4) is 0 Å². The van der Waals surface area contributed by atoms with E-state index in [9.17, 15) is 0 Å². The average molecular weight is 199 g/mol. The Kier molecular flexibility index (Phi) is 1.64. The Morgan fingerprint density at radius 1 is 1.13 bits per heavy atom. The second-order valence-corrected chi connectivity index (χ2v) is 3.98. The molecular formula is C12H13N3. The molecule has 3 heteroatoms. The number of hydrogen-bond acceptors (Lipinski definition) is 3. The highest BCUT2D eigenvalue weighted by atomic mass is 15.2. The minimum Gasteiger partial charge on any atom is -0.353 e. The van der Waals surface area contributed by atoms with Crippen molar-refractivity contribution in [3.05, 3.63) is 35.9 Å². The van der Waals surface area contributed by atoms with Gasteiger partial charge in [0.25, 0.3) is 0 Å². The van der Waals surface area contributed by atoms with Gasteiger partial charge in [-0.1, -0.05) is 18.2 Å². The van der Waals surface area contributed by atoms with Gasteiger partial charge in [-0.25, -0.2) is 0 Å². The summed E-state index contributed by atoms with van der Waals surface area (Å²) in [5.74, 6) is 0. The average Bonchev–Trinajstić information content (AvgIpc) is 2.16. The highest BCUT2D eigenvalue weighted by Gasteiger charge is 2.15. The first-order valence-corrected chi connectivity index (χ1v) is 5.06. The monoisotopic (exact) mass is 199 g/mol. The molecular weight excluding hydrogens is 186 g/mol. The Hall–Kier alpha value is -1.74. The maximum absolute atomic E-state index is 5.85. The fraction of sp³-hybridized carbons (Fsp3) is 0.167. The quantitative estimate of drug-likeness (QED) is 0.609. The van der Waals surface area contributed by atoms with E-state index in [4.69, 9.17) is 5.73 Å². The second-order valence-electron chi connectivity index (χ2n) is 3.98. The van der Waals surface area contributed by atoms with Crippen molar-refractivity contribution in [2.75, 3.05) is 10.6 Å². The Bertz CT molecular complexity index is 534. The van der Waals surface area contributed by atoms with Crippen LogP contribution in [0.2, 0.25) is 0 Å². The molecule has 1 aliphatic heterocycles. The lowest BCUT2D eigenvalue weighted by molar-refractivity contribution is 0.863. The first kappa shape index (κ1) is 8.56. The molecule has 0 saturated heterocycles. The van der Waals surface area contributed by atoms with E-state index in [2.05, 4.69) is 41.8 Å². The predicted molar refractivity (Wildman–Crippen MR) is 63.9 cm³/mol. The lowest BCUT2D eigenvalue weighted by Crippen LogP contribution is -2.39. The summed E-state index contributed by atoms with van der Waals surface area (Å²) in [6.45, 7) is 2.10. The van der Waals surface area contributed by atoms with Gasteiger partial charge < -0.3 is 10.6 Å². The molecule has 0 fully saturated rings. The highest BCUT2D eigenvalue weighted by Crippen LogP contribution is 2.34. The Morgan fingerprint density at radius 3 is 2.80 bits per heavy atom. The molecule has 1 heterocycles.